The van der Waals surface area contributed by atoms with Gasteiger partial charge in [0.05, 0.1) is 16.9 Å². The lowest BCUT2D eigenvalue weighted by molar-refractivity contribution is -0.385. The minimum atomic E-state index is -0.344. The lowest BCUT2D eigenvalue weighted by Gasteiger charge is -2.01. The third kappa shape index (κ3) is 3.10. The third-order valence-corrected chi connectivity index (χ3v) is 3.27. The summed E-state index contributed by atoms with van der Waals surface area (Å²) < 4.78 is 5.19. The Hall–Kier alpha value is -1.75. The van der Waals surface area contributed by atoms with Gasteiger partial charge in [-0.25, -0.2) is 0 Å². The van der Waals surface area contributed by atoms with Crippen LogP contribution in [-0.2, 0) is 11.5 Å². The Morgan fingerprint density at radius 1 is 1.18 bits per heavy atom. The first-order valence-corrected chi connectivity index (χ1v) is 6.25. The van der Waals surface area contributed by atoms with Gasteiger partial charge in [-0.05, 0) is 12.1 Å². The molecule has 0 amide bonds. The summed E-state index contributed by atoms with van der Waals surface area (Å²) >= 11 is 1.60. The van der Waals surface area contributed by atoms with Crippen LogP contribution in [0.4, 0.5) is 5.69 Å². The lowest BCUT2D eigenvalue weighted by Crippen LogP contribution is -1.93. The topological polar surface area (TPSA) is 56.3 Å². The maximum Gasteiger partial charge on any atom is 0.273 e. The molecule has 0 radical (unpaired) electrons. The number of thioether (sulfide) groups is 1. The third-order valence-electron chi connectivity index (χ3n) is 2.27. The van der Waals surface area contributed by atoms with E-state index >= 15 is 0 Å². The molecular formula is C12H11NO3S. The number of furan rings is 1. The second-order valence-electron chi connectivity index (χ2n) is 3.46. The summed E-state index contributed by atoms with van der Waals surface area (Å²) in [6, 6.07) is 10.5. The van der Waals surface area contributed by atoms with Gasteiger partial charge in [0, 0.05) is 17.4 Å². The molecule has 0 saturated heterocycles. The molecule has 0 N–H and O–H groups in total. The minimum absolute atomic E-state index is 0.180. The summed E-state index contributed by atoms with van der Waals surface area (Å²) in [5.41, 5.74) is 0.925. The highest BCUT2D eigenvalue weighted by Crippen LogP contribution is 2.24. The second kappa shape index (κ2) is 5.54. The van der Waals surface area contributed by atoms with Gasteiger partial charge >= 0.3 is 0 Å². The number of benzene rings is 1. The monoisotopic (exact) mass is 249 g/mol. The number of hydrogen-bond donors (Lipinski definition) is 0. The Balaban J connectivity index is 1.97. The Morgan fingerprint density at radius 3 is 2.71 bits per heavy atom. The van der Waals surface area contributed by atoms with Gasteiger partial charge in [0.15, 0.2) is 0 Å². The average Bonchev–Trinajstić information content (AvgIpc) is 2.82. The quantitative estimate of drug-likeness (QED) is 0.600. The highest BCUT2D eigenvalue weighted by molar-refractivity contribution is 7.97. The maximum absolute atomic E-state index is 10.8. The SMILES string of the molecule is O=[N+]([O-])c1ccccc1CSCc1ccco1. The van der Waals surface area contributed by atoms with Crippen LogP contribution in [0.15, 0.2) is 47.1 Å². The number of hydrogen-bond acceptors (Lipinski definition) is 4. The van der Waals surface area contributed by atoms with Crippen molar-refractivity contribution in [1.29, 1.82) is 0 Å². The number of rotatable bonds is 5. The molecule has 2 rings (SSSR count). The van der Waals surface area contributed by atoms with Gasteiger partial charge in [-0.2, -0.15) is 0 Å². The van der Waals surface area contributed by atoms with Crippen LogP contribution in [0.5, 0.6) is 0 Å². The van der Waals surface area contributed by atoms with E-state index in [1.807, 2.05) is 18.2 Å². The molecule has 1 aromatic carbocycles. The van der Waals surface area contributed by atoms with Gasteiger partial charge in [-0.1, -0.05) is 18.2 Å². The van der Waals surface area contributed by atoms with E-state index < -0.39 is 0 Å². The molecule has 1 aromatic heterocycles. The molecule has 2 aromatic rings. The molecule has 0 atom stereocenters. The van der Waals surface area contributed by atoms with E-state index in [2.05, 4.69) is 0 Å². The summed E-state index contributed by atoms with van der Waals surface area (Å²) in [6.07, 6.45) is 1.63. The molecular weight excluding hydrogens is 238 g/mol. The maximum atomic E-state index is 10.8. The van der Waals surface area contributed by atoms with Crippen LogP contribution in [0.25, 0.3) is 0 Å². The van der Waals surface area contributed by atoms with Crippen LogP contribution in [-0.4, -0.2) is 4.92 Å². The van der Waals surface area contributed by atoms with Gasteiger partial charge in [-0.3, -0.25) is 10.1 Å². The molecule has 17 heavy (non-hydrogen) atoms. The molecule has 5 heteroatoms. The molecule has 0 aliphatic rings. The fourth-order valence-corrected chi connectivity index (χ4v) is 2.40. The normalized spacial score (nSPS) is 10.4. The summed E-state index contributed by atoms with van der Waals surface area (Å²) in [5.74, 6) is 2.21. The van der Waals surface area contributed by atoms with E-state index in [1.165, 1.54) is 6.07 Å². The largest absolute Gasteiger partial charge is 0.468 e. The molecule has 0 fully saturated rings. The van der Waals surface area contributed by atoms with E-state index in [4.69, 9.17) is 4.42 Å². The molecule has 0 unspecified atom stereocenters. The van der Waals surface area contributed by atoms with Gasteiger partial charge in [0.2, 0.25) is 0 Å². The van der Waals surface area contributed by atoms with Gasteiger partial charge < -0.3 is 4.42 Å². The van der Waals surface area contributed by atoms with E-state index in [0.29, 0.717) is 5.75 Å². The summed E-state index contributed by atoms with van der Waals surface area (Å²) in [4.78, 5) is 10.4. The lowest BCUT2D eigenvalue weighted by atomic mass is 10.2. The van der Waals surface area contributed by atoms with E-state index in [0.717, 1.165) is 17.1 Å². The molecule has 0 saturated carbocycles. The van der Waals surface area contributed by atoms with Crippen LogP contribution in [0.3, 0.4) is 0 Å². The Kier molecular flexibility index (Phi) is 3.82. The fraction of sp³-hybridized carbons (Fsp3) is 0.167. The van der Waals surface area contributed by atoms with Crippen molar-refractivity contribution < 1.29 is 9.34 Å². The summed E-state index contributed by atoms with van der Waals surface area (Å²) in [7, 11) is 0. The van der Waals surface area contributed by atoms with Crippen molar-refractivity contribution in [2.75, 3.05) is 0 Å². The van der Waals surface area contributed by atoms with Crippen LogP contribution in [0.1, 0.15) is 11.3 Å². The Labute approximate surface area is 103 Å². The van der Waals surface area contributed by atoms with Crippen molar-refractivity contribution >= 4 is 17.4 Å². The van der Waals surface area contributed by atoms with E-state index in [-0.39, 0.29) is 10.6 Å². The first-order valence-electron chi connectivity index (χ1n) is 5.10. The first kappa shape index (κ1) is 11.7. The first-order chi connectivity index (χ1) is 8.27. The molecule has 0 spiro atoms. The standard InChI is InChI=1S/C12H11NO3S/c14-13(15)12-6-2-1-4-10(12)8-17-9-11-5-3-7-16-11/h1-7H,8-9H2. The zero-order chi connectivity index (χ0) is 12.1. The number of para-hydroxylation sites is 1. The second-order valence-corrected chi connectivity index (χ2v) is 4.44. The molecule has 88 valence electrons. The number of nitro benzene ring substituents is 1. The zero-order valence-electron chi connectivity index (χ0n) is 9.04. The van der Waals surface area contributed by atoms with Crippen LogP contribution in [0, 0.1) is 10.1 Å². The van der Waals surface area contributed by atoms with Crippen molar-refractivity contribution in [3.8, 4) is 0 Å². The van der Waals surface area contributed by atoms with Crippen molar-refractivity contribution in [3.63, 3.8) is 0 Å². The number of nitrogens with zero attached hydrogens (tertiary/aromatic N) is 1. The predicted molar refractivity (Wildman–Crippen MR) is 66.8 cm³/mol. The molecule has 0 bridgehead atoms. The van der Waals surface area contributed by atoms with Crippen molar-refractivity contribution in [2.45, 2.75) is 11.5 Å². The smallest absolute Gasteiger partial charge is 0.273 e. The predicted octanol–water partition coefficient (Wildman–Crippen LogP) is 3.62. The van der Waals surface area contributed by atoms with Crippen molar-refractivity contribution in [2.24, 2.45) is 0 Å². The molecule has 0 aliphatic carbocycles. The summed E-state index contributed by atoms with van der Waals surface area (Å²) in [5, 5.41) is 10.8. The highest BCUT2D eigenvalue weighted by Gasteiger charge is 2.11. The van der Waals surface area contributed by atoms with Crippen molar-refractivity contribution in [3.05, 3.63) is 64.1 Å². The van der Waals surface area contributed by atoms with Crippen LogP contribution in [0.2, 0.25) is 0 Å². The van der Waals surface area contributed by atoms with Crippen LogP contribution < -0.4 is 0 Å². The zero-order valence-corrected chi connectivity index (χ0v) is 9.85. The average molecular weight is 249 g/mol. The highest BCUT2D eigenvalue weighted by atomic mass is 32.2. The Bertz CT molecular complexity index is 496. The molecule has 0 aliphatic heterocycles. The fourth-order valence-electron chi connectivity index (χ4n) is 1.47. The minimum Gasteiger partial charge on any atom is -0.468 e. The summed E-state index contributed by atoms with van der Waals surface area (Å²) in [6.45, 7) is 0. The Morgan fingerprint density at radius 2 is 2.00 bits per heavy atom. The van der Waals surface area contributed by atoms with Crippen LogP contribution >= 0.6 is 11.8 Å². The van der Waals surface area contributed by atoms with Gasteiger partial charge in [-0.15, -0.1) is 11.8 Å². The van der Waals surface area contributed by atoms with E-state index in [9.17, 15) is 10.1 Å². The van der Waals surface area contributed by atoms with Gasteiger partial charge in [0.1, 0.15) is 5.76 Å². The molecule has 4 nitrogen and oxygen atoms in total. The number of nitro groups is 1. The van der Waals surface area contributed by atoms with E-state index in [1.54, 1.807) is 30.2 Å². The van der Waals surface area contributed by atoms with Crippen molar-refractivity contribution in [1.82, 2.24) is 0 Å². The van der Waals surface area contributed by atoms with Gasteiger partial charge in [0.25, 0.3) is 5.69 Å². The molecule has 1 heterocycles.